The first-order chi connectivity index (χ1) is 32.7. The van der Waals surface area contributed by atoms with Crippen LogP contribution in [0.15, 0.2) is 199 Å². The number of furan rings is 1. The number of fused-ring (bicyclic) bond motifs is 15. The molecule has 5 aromatic heterocycles. The number of nitrogens with zero attached hydrogens (tertiary/aromatic N) is 4. The minimum Gasteiger partial charge on any atom is -0.456 e. The Morgan fingerprint density at radius 2 is 0.894 bits per heavy atom. The SMILES string of the molecule is c1ccc2cc3c(cc2c1)c1c2ccccc2ccc1n3-c1cc(-c2nc(-c3cccc4c3sc3ccccc34)nc(-c3cccc4c3sc3ccccc34)n2)c2c(c1)oc1ccccc12. The van der Waals surface area contributed by atoms with Crippen molar-refractivity contribution in [2.24, 2.45) is 0 Å². The second kappa shape index (κ2) is 13.6. The predicted octanol–water partition coefficient (Wildman–Crippen LogP) is 16.9. The lowest BCUT2D eigenvalue weighted by Gasteiger charge is -2.13. The molecular formula is C59H32N4OS2. The van der Waals surface area contributed by atoms with Crippen molar-refractivity contribution in [3.63, 3.8) is 0 Å². The summed E-state index contributed by atoms with van der Waals surface area (Å²) in [7, 11) is 0. The predicted molar refractivity (Wildman–Crippen MR) is 279 cm³/mol. The van der Waals surface area contributed by atoms with E-state index in [-0.39, 0.29) is 0 Å². The lowest BCUT2D eigenvalue weighted by molar-refractivity contribution is 0.668. The monoisotopic (exact) mass is 876 g/mol. The van der Waals surface area contributed by atoms with Crippen LogP contribution in [0.3, 0.4) is 0 Å². The molecule has 0 radical (unpaired) electrons. The summed E-state index contributed by atoms with van der Waals surface area (Å²) >= 11 is 3.57. The van der Waals surface area contributed by atoms with Crippen LogP contribution in [0.1, 0.15) is 0 Å². The first-order valence-electron chi connectivity index (χ1n) is 22.1. The average Bonchev–Trinajstić information content (AvgIpc) is 4.14. The highest BCUT2D eigenvalue weighted by atomic mass is 32.1. The summed E-state index contributed by atoms with van der Waals surface area (Å²) in [5.74, 6) is 1.85. The Hall–Kier alpha value is -8.23. The van der Waals surface area contributed by atoms with Gasteiger partial charge in [-0.25, -0.2) is 15.0 Å². The molecule has 0 bridgehead atoms. The van der Waals surface area contributed by atoms with Crippen molar-refractivity contribution in [3.05, 3.63) is 194 Å². The smallest absolute Gasteiger partial charge is 0.165 e. The van der Waals surface area contributed by atoms with E-state index in [1.807, 2.05) is 12.1 Å². The minimum absolute atomic E-state index is 0.585. The number of thiophene rings is 2. The fraction of sp³-hybridized carbons (Fsp3) is 0. The fourth-order valence-electron chi connectivity index (χ4n) is 10.5. The van der Waals surface area contributed by atoms with Crippen LogP contribution in [0.5, 0.6) is 0 Å². The van der Waals surface area contributed by atoms with E-state index in [1.165, 1.54) is 63.3 Å². The van der Waals surface area contributed by atoms with Crippen LogP contribution in [0, 0.1) is 0 Å². The Morgan fingerprint density at radius 1 is 0.348 bits per heavy atom. The van der Waals surface area contributed by atoms with Crippen molar-refractivity contribution in [1.29, 1.82) is 0 Å². The van der Waals surface area contributed by atoms with Gasteiger partial charge in [0, 0.05) is 84.6 Å². The normalized spacial score (nSPS) is 12.2. The van der Waals surface area contributed by atoms with Crippen LogP contribution in [0.4, 0.5) is 0 Å². The molecule has 0 aliphatic heterocycles. The van der Waals surface area contributed by atoms with Gasteiger partial charge in [0.1, 0.15) is 11.2 Å². The number of hydrogen-bond donors (Lipinski definition) is 0. The summed E-state index contributed by atoms with van der Waals surface area (Å²) in [5.41, 5.74) is 7.61. The van der Waals surface area contributed by atoms with Crippen LogP contribution in [0.25, 0.3) is 145 Å². The summed E-state index contributed by atoms with van der Waals surface area (Å²) in [6, 6.07) is 69.5. The zero-order chi connectivity index (χ0) is 43.0. The molecule has 0 saturated heterocycles. The van der Waals surface area contributed by atoms with Gasteiger partial charge >= 0.3 is 0 Å². The van der Waals surface area contributed by atoms with Gasteiger partial charge in [-0.2, -0.15) is 0 Å². The summed E-state index contributed by atoms with van der Waals surface area (Å²) < 4.78 is 14.0. The van der Waals surface area contributed by atoms with Crippen LogP contribution in [-0.2, 0) is 0 Å². The van der Waals surface area contributed by atoms with Gasteiger partial charge in [-0.15, -0.1) is 22.7 Å². The summed E-state index contributed by atoms with van der Waals surface area (Å²) in [4.78, 5) is 16.5. The minimum atomic E-state index is 0.585. The third kappa shape index (κ3) is 5.18. The number of aromatic nitrogens is 4. The quantitative estimate of drug-likeness (QED) is 0.177. The maximum Gasteiger partial charge on any atom is 0.165 e. The molecule has 0 spiro atoms. The molecule has 0 amide bonds. The Bertz CT molecular complexity index is 4420. The molecule has 0 saturated carbocycles. The molecule has 10 aromatic carbocycles. The second-order valence-electron chi connectivity index (χ2n) is 17.1. The molecule has 5 heterocycles. The lowest BCUT2D eigenvalue weighted by atomic mass is 10.0. The van der Waals surface area contributed by atoms with Crippen molar-refractivity contribution in [3.8, 4) is 39.9 Å². The fourth-order valence-corrected chi connectivity index (χ4v) is 12.9. The molecule has 66 heavy (non-hydrogen) atoms. The van der Waals surface area contributed by atoms with E-state index in [0.717, 1.165) is 64.7 Å². The molecule has 0 fully saturated rings. The van der Waals surface area contributed by atoms with Crippen LogP contribution >= 0.6 is 22.7 Å². The van der Waals surface area contributed by atoms with Gasteiger partial charge in [-0.3, -0.25) is 0 Å². The van der Waals surface area contributed by atoms with Crippen LogP contribution < -0.4 is 0 Å². The molecule has 5 nitrogen and oxygen atoms in total. The Labute approximate surface area is 384 Å². The van der Waals surface area contributed by atoms with Crippen LogP contribution in [0.2, 0.25) is 0 Å². The average molecular weight is 877 g/mol. The molecule has 0 aliphatic rings. The molecule has 7 heteroatoms. The van der Waals surface area contributed by atoms with Gasteiger partial charge in [0.2, 0.25) is 0 Å². The van der Waals surface area contributed by atoms with E-state index in [1.54, 1.807) is 22.7 Å². The number of para-hydroxylation sites is 1. The Balaban J connectivity index is 1.07. The molecule has 0 aliphatic carbocycles. The summed E-state index contributed by atoms with van der Waals surface area (Å²) in [6.07, 6.45) is 0. The van der Waals surface area contributed by atoms with Crippen molar-refractivity contribution < 1.29 is 4.42 Å². The van der Waals surface area contributed by atoms with E-state index >= 15 is 0 Å². The van der Waals surface area contributed by atoms with Crippen molar-refractivity contribution >= 4 is 128 Å². The number of rotatable bonds is 4. The maximum atomic E-state index is 6.85. The zero-order valence-electron chi connectivity index (χ0n) is 35.0. The van der Waals surface area contributed by atoms with E-state index in [4.69, 9.17) is 19.4 Å². The van der Waals surface area contributed by atoms with E-state index in [9.17, 15) is 0 Å². The van der Waals surface area contributed by atoms with Crippen molar-refractivity contribution in [2.75, 3.05) is 0 Å². The van der Waals surface area contributed by atoms with Crippen molar-refractivity contribution in [1.82, 2.24) is 19.5 Å². The molecule has 0 unspecified atom stereocenters. The standard InChI is InChI=1S/C59H32N4OS2/c1-2-15-35-30-48-45(29-34(35)14-1)53-37-16-4-3-13-33(37)27-28-47(53)63(48)36-31-46(54-42-19-5-8-24-49(42)64-50(54)32-36)59-61-57(43-22-11-20-40-38-17-6-9-25-51(38)65-55(40)43)60-58(62-59)44-23-12-21-41-39-18-7-10-26-52(39)66-56(41)44/h1-32H. The molecule has 15 aromatic rings. The second-order valence-corrected chi connectivity index (χ2v) is 19.2. The van der Waals surface area contributed by atoms with Crippen LogP contribution in [-0.4, -0.2) is 19.5 Å². The Morgan fingerprint density at radius 3 is 1.58 bits per heavy atom. The molecule has 306 valence electrons. The summed E-state index contributed by atoms with van der Waals surface area (Å²) in [5, 5.41) is 14.1. The van der Waals surface area contributed by atoms with Crippen molar-refractivity contribution in [2.45, 2.75) is 0 Å². The first kappa shape index (κ1) is 36.1. The van der Waals surface area contributed by atoms with E-state index < -0.39 is 0 Å². The van der Waals surface area contributed by atoms with Gasteiger partial charge in [0.25, 0.3) is 0 Å². The summed E-state index contributed by atoms with van der Waals surface area (Å²) in [6.45, 7) is 0. The zero-order valence-corrected chi connectivity index (χ0v) is 36.6. The highest BCUT2D eigenvalue weighted by molar-refractivity contribution is 7.26. The lowest BCUT2D eigenvalue weighted by Crippen LogP contribution is -2.02. The third-order valence-corrected chi connectivity index (χ3v) is 15.9. The molecular weight excluding hydrogens is 845 g/mol. The number of benzene rings is 10. The van der Waals surface area contributed by atoms with Gasteiger partial charge < -0.3 is 8.98 Å². The Kier molecular flexibility index (Phi) is 7.47. The first-order valence-corrected chi connectivity index (χ1v) is 23.7. The van der Waals surface area contributed by atoms with Gasteiger partial charge in [-0.05, 0) is 76.1 Å². The van der Waals surface area contributed by atoms with Gasteiger partial charge in [-0.1, -0.05) is 133 Å². The van der Waals surface area contributed by atoms with E-state index in [0.29, 0.717) is 17.5 Å². The third-order valence-electron chi connectivity index (χ3n) is 13.4. The van der Waals surface area contributed by atoms with Gasteiger partial charge in [0.05, 0.1) is 16.7 Å². The topological polar surface area (TPSA) is 56.7 Å². The highest BCUT2D eigenvalue weighted by Gasteiger charge is 2.24. The van der Waals surface area contributed by atoms with Gasteiger partial charge in [0.15, 0.2) is 17.5 Å². The maximum absolute atomic E-state index is 6.85. The highest BCUT2D eigenvalue weighted by Crippen LogP contribution is 2.46. The number of hydrogen-bond acceptors (Lipinski definition) is 6. The largest absolute Gasteiger partial charge is 0.456 e. The van der Waals surface area contributed by atoms with E-state index in [2.05, 4.69) is 187 Å². The molecule has 15 rings (SSSR count). The molecule has 0 atom stereocenters. The molecule has 0 N–H and O–H groups in total.